The van der Waals surface area contributed by atoms with Gasteiger partial charge in [0.2, 0.25) is 0 Å². The van der Waals surface area contributed by atoms with Gasteiger partial charge < -0.3 is 10.0 Å². The van der Waals surface area contributed by atoms with Gasteiger partial charge in [0.15, 0.2) is 0 Å². The molecule has 0 radical (unpaired) electrons. The van der Waals surface area contributed by atoms with Crippen LogP contribution in [0.25, 0.3) is 11.3 Å². The van der Waals surface area contributed by atoms with Crippen LogP contribution >= 0.6 is 0 Å². The molecule has 0 fully saturated rings. The Kier molecular flexibility index (Phi) is 3.75. The number of hydrogen-bond acceptors (Lipinski definition) is 4. The van der Waals surface area contributed by atoms with E-state index in [9.17, 15) is 4.79 Å². The Bertz CT molecular complexity index is 579. The smallest absolute Gasteiger partial charge is 0.307 e. The number of aliphatic carboxylic acids is 1. The second kappa shape index (κ2) is 5.48. The van der Waals surface area contributed by atoms with Crippen LogP contribution in [0.2, 0.25) is 0 Å². The average molecular weight is 257 g/mol. The van der Waals surface area contributed by atoms with Crippen molar-refractivity contribution in [1.29, 1.82) is 0 Å². The highest BCUT2D eigenvalue weighted by molar-refractivity contribution is 5.71. The zero-order valence-electron chi connectivity index (χ0n) is 10.9. The van der Waals surface area contributed by atoms with Crippen LogP contribution in [0.15, 0.2) is 36.7 Å². The van der Waals surface area contributed by atoms with E-state index in [1.807, 2.05) is 37.2 Å². The van der Waals surface area contributed by atoms with Crippen molar-refractivity contribution < 1.29 is 9.90 Å². The molecule has 0 aliphatic heterocycles. The van der Waals surface area contributed by atoms with Crippen LogP contribution in [0.3, 0.4) is 0 Å². The number of rotatable bonds is 4. The van der Waals surface area contributed by atoms with Gasteiger partial charge in [-0.05, 0) is 5.56 Å². The van der Waals surface area contributed by atoms with Crippen molar-refractivity contribution in [2.75, 3.05) is 19.0 Å². The average Bonchev–Trinajstić information content (AvgIpc) is 2.39. The number of benzene rings is 1. The number of nitrogens with zero attached hydrogens (tertiary/aromatic N) is 3. The Morgan fingerprint density at radius 2 is 1.89 bits per heavy atom. The maximum Gasteiger partial charge on any atom is 0.307 e. The zero-order chi connectivity index (χ0) is 13.8. The van der Waals surface area contributed by atoms with Gasteiger partial charge in [-0.15, -0.1) is 0 Å². The molecule has 2 rings (SSSR count). The van der Waals surface area contributed by atoms with E-state index in [0.29, 0.717) is 0 Å². The normalized spacial score (nSPS) is 10.2. The predicted molar refractivity (Wildman–Crippen MR) is 73.1 cm³/mol. The Morgan fingerprint density at radius 3 is 2.47 bits per heavy atom. The van der Waals surface area contributed by atoms with Crippen LogP contribution in [0.1, 0.15) is 5.56 Å². The maximum atomic E-state index is 10.6. The molecule has 0 aliphatic carbocycles. The fraction of sp³-hybridized carbons (Fsp3) is 0.214. The highest BCUT2D eigenvalue weighted by atomic mass is 16.4. The fourth-order valence-electron chi connectivity index (χ4n) is 1.72. The largest absolute Gasteiger partial charge is 0.481 e. The first-order chi connectivity index (χ1) is 9.06. The minimum absolute atomic E-state index is 0.0347. The lowest BCUT2D eigenvalue weighted by molar-refractivity contribution is -0.136. The molecule has 0 spiro atoms. The van der Waals surface area contributed by atoms with Gasteiger partial charge in [0, 0.05) is 25.7 Å². The Labute approximate surface area is 111 Å². The van der Waals surface area contributed by atoms with Crippen molar-refractivity contribution in [3.63, 3.8) is 0 Å². The molecule has 1 heterocycles. The van der Waals surface area contributed by atoms with E-state index in [2.05, 4.69) is 9.97 Å². The van der Waals surface area contributed by atoms with Gasteiger partial charge in [-0.1, -0.05) is 24.3 Å². The second-order valence-corrected chi connectivity index (χ2v) is 4.42. The molecule has 2 aromatic rings. The molecule has 1 aromatic carbocycles. The van der Waals surface area contributed by atoms with E-state index in [-0.39, 0.29) is 6.42 Å². The highest BCUT2D eigenvalue weighted by Gasteiger charge is 2.05. The van der Waals surface area contributed by atoms with Crippen molar-refractivity contribution in [3.05, 3.63) is 42.2 Å². The summed E-state index contributed by atoms with van der Waals surface area (Å²) in [6, 6.07) is 9.26. The van der Waals surface area contributed by atoms with Crippen LogP contribution in [0, 0.1) is 0 Å². The third kappa shape index (κ3) is 3.28. The summed E-state index contributed by atoms with van der Waals surface area (Å²) < 4.78 is 0. The number of carboxylic acid groups (broad SMARTS) is 1. The summed E-state index contributed by atoms with van der Waals surface area (Å²) in [7, 11) is 3.84. The van der Waals surface area contributed by atoms with Crippen LogP contribution in [-0.4, -0.2) is 35.1 Å². The van der Waals surface area contributed by atoms with Crippen LogP contribution in [0.5, 0.6) is 0 Å². The first kappa shape index (κ1) is 13.0. The number of hydrogen-bond donors (Lipinski definition) is 1. The minimum atomic E-state index is -0.829. The first-order valence-corrected chi connectivity index (χ1v) is 5.87. The molecule has 1 N–H and O–H groups in total. The summed E-state index contributed by atoms with van der Waals surface area (Å²) in [6.45, 7) is 0. The summed E-state index contributed by atoms with van der Waals surface area (Å²) in [6.07, 6.45) is 1.56. The third-order valence-electron chi connectivity index (χ3n) is 2.72. The number of anilines is 1. The van der Waals surface area contributed by atoms with Gasteiger partial charge in [-0.3, -0.25) is 4.79 Å². The summed E-state index contributed by atoms with van der Waals surface area (Å²) in [4.78, 5) is 20.9. The lowest BCUT2D eigenvalue weighted by Gasteiger charge is -2.11. The Balaban J connectivity index is 2.26. The molecule has 5 nitrogen and oxygen atoms in total. The van der Waals surface area contributed by atoms with Crippen LogP contribution in [-0.2, 0) is 11.2 Å². The quantitative estimate of drug-likeness (QED) is 0.905. The third-order valence-corrected chi connectivity index (χ3v) is 2.72. The fourth-order valence-corrected chi connectivity index (χ4v) is 1.72. The molecular formula is C14H15N3O2. The van der Waals surface area contributed by atoms with Gasteiger partial charge in [0.1, 0.15) is 12.1 Å². The zero-order valence-corrected chi connectivity index (χ0v) is 10.9. The van der Waals surface area contributed by atoms with Gasteiger partial charge in [-0.25, -0.2) is 9.97 Å². The molecular weight excluding hydrogens is 242 g/mol. The summed E-state index contributed by atoms with van der Waals surface area (Å²) in [5.41, 5.74) is 2.54. The number of carbonyl (C=O) groups is 1. The summed E-state index contributed by atoms with van der Waals surface area (Å²) >= 11 is 0. The van der Waals surface area contributed by atoms with Gasteiger partial charge in [-0.2, -0.15) is 0 Å². The Morgan fingerprint density at radius 1 is 1.21 bits per heavy atom. The lowest BCUT2D eigenvalue weighted by Crippen LogP contribution is -2.10. The van der Waals surface area contributed by atoms with Crippen molar-refractivity contribution >= 4 is 11.8 Å². The van der Waals surface area contributed by atoms with Gasteiger partial charge in [0.05, 0.1) is 12.1 Å². The van der Waals surface area contributed by atoms with Crippen LogP contribution < -0.4 is 4.90 Å². The molecule has 0 aliphatic rings. The van der Waals surface area contributed by atoms with Crippen LogP contribution in [0.4, 0.5) is 5.82 Å². The standard InChI is InChI=1S/C14H15N3O2/c1-17(2)13-8-12(15-9-16-13)11-5-3-10(4-6-11)7-14(18)19/h3-6,8-9H,7H2,1-2H3,(H,18,19). The predicted octanol–water partition coefficient (Wildman–Crippen LogP) is 1.84. The minimum Gasteiger partial charge on any atom is -0.481 e. The number of aromatic nitrogens is 2. The summed E-state index contributed by atoms with van der Waals surface area (Å²) in [5.74, 6) is 0.00397. The molecule has 0 saturated carbocycles. The Hall–Kier alpha value is -2.43. The highest BCUT2D eigenvalue weighted by Crippen LogP contribution is 2.20. The van der Waals surface area contributed by atoms with Gasteiger partial charge >= 0.3 is 5.97 Å². The summed E-state index contributed by atoms with van der Waals surface area (Å²) in [5, 5.41) is 8.72. The van der Waals surface area contributed by atoms with Crippen molar-refractivity contribution in [2.24, 2.45) is 0 Å². The lowest BCUT2D eigenvalue weighted by atomic mass is 10.1. The van der Waals surface area contributed by atoms with Crippen molar-refractivity contribution in [1.82, 2.24) is 9.97 Å². The maximum absolute atomic E-state index is 10.6. The van der Waals surface area contributed by atoms with E-state index in [4.69, 9.17) is 5.11 Å². The molecule has 0 bridgehead atoms. The van der Waals surface area contributed by atoms with E-state index in [0.717, 1.165) is 22.6 Å². The first-order valence-electron chi connectivity index (χ1n) is 5.87. The SMILES string of the molecule is CN(C)c1cc(-c2ccc(CC(=O)O)cc2)ncn1. The van der Waals surface area contributed by atoms with Gasteiger partial charge in [0.25, 0.3) is 0 Å². The molecule has 98 valence electrons. The molecule has 1 aromatic heterocycles. The molecule has 19 heavy (non-hydrogen) atoms. The van der Waals surface area contributed by atoms with E-state index >= 15 is 0 Å². The van der Waals surface area contributed by atoms with E-state index < -0.39 is 5.97 Å². The van der Waals surface area contributed by atoms with Crippen molar-refractivity contribution in [2.45, 2.75) is 6.42 Å². The monoisotopic (exact) mass is 257 g/mol. The van der Waals surface area contributed by atoms with E-state index in [1.165, 1.54) is 6.33 Å². The van der Waals surface area contributed by atoms with Crippen molar-refractivity contribution in [3.8, 4) is 11.3 Å². The molecule has 0 unspecified atom stereocenters. The topological polar surface area (TPSA) is 66.3 Å². The molecule has 5 heteroatoms. The molecule has 0 amide bonds. The molecule has 0 saturated heterocycles. The number of carboxylic acids is 1. The molecule has 0 atom stereocenters. The van der Waals surface area contributed by atoms with E-state index in [1.54, 1.807) is 12.1 Å². The second-order valence-electron chi connectivity index (χ2n) is 4.42.